The van der Waals surface area contributed by atoms with Crippen molar-refractivity contribution in [3.05, 3.63) is 83.4 Å². The van der Waals surface area contributed by atoms with E-state index < -0.39 is 5.97 Å². The topological polar surface area (TPSA) is 75.7 Å². The first-order valence-electron chi connectivity index (χ1n) is 10.2. The molecule has 0 aliphatic carbocycles. The van der Waals surface area contributed by atoms with E-state index in [-0.39, 0.29) is 25.0 Å². The zero-order chi connectivity index (χ0) is 22.7. The van der Waals surface area contributed by atoms with Crippen LogP contribution < -0.4 is 10.2 Å². The molecule has 0 radical (unpaired) electrons. The molecule has 32 heavy (non-hydrogen) atoms. The first kappa shape index (κ1) is 21.6. The van der Waals surface area contributed by atoms with Crippen LogP contribution in [0.3, 0.4) is 0 Å². The highest BCUT2D eigenvalue weighted by molar-refractivity contribution is 7.99. The average Bonchev–Trinajstić information content (AvgIpc) is 2.90. The Morgan fingerprint density at radius 2 is 1.75 bits per heavy atom. The molecule has 0 unspecified atom stereocenters. The summed E-state index contributed by atoms with van der Waals surface area (Å²) in [7, 11) is 0. The van der Waals surface area contributed by atoms with E-state index in [1.165, 1.54) is 16.7 Å². The zero-order valence-corrected chi connectivity index (χ0v) is 18.6. The second-order valence-electron chi connectivity index (χ2n) is 7.31. The smallest absolute Gasteiger partial charge is 0.338 e. The Labute approximate surface area is 190 Å². The molecular formula is C25H22N2O4S. The lowest BCUT2D eigenvalue weighted by atomic mass is 10.1. The van der Waals surface area contributed by atoms with E-state index in [0.29, 0.717) is 22.5 Å². The van der Waals surface area contributed by atoms with Crippen molar-refractivity contribution in [2.45, 2.75) is 23.6 Å². The van der Waals surface area contributed by atoms with Crippen molar-refractivity contribution in [2.75, 3.05) is 23.4 Å². The number of nitrogens with zero attached hydrogens (tertiary/aromatic N) is 1. The third-order valence-electron chi connectivity index (χ3n) is 4.98. The first-order valence-corrected chi connectivity index (χ1v) is 11.0. The third kappa shape index (κ3) is 4.53. The van der Waals surface area contributed by atoms with Crippen molar-refractivity contribution in [1.82, 2.24) is 0 Å². The maximum Gasteiger partial charge on any atom is 0.338 e. The average molecular weight is 447 g/mol. The largest absolute Gasteiger partial charge is 0.462 e. The molecule has 0 atom stereocenters. The molecule has 0 fully saturated rings. The van der Waals surface area contributed by atoms with Gasteiger partial charge in [-0.2, -0.15) is 0 Å². The monoisotopic (exact) mass is 446 g/mol. The summed E-state index contributed by atoms with van der Waals surface area (Å²) in [5.74, 6) is -1.11. The van der Waals surface area contributed by atoms with Gasteiger partial charge >= 0.3 is 5.97 Å². The number of anilines is 2. The number of carbonyl (C=O) groups excluding carboxylic acids is 3. The number of rotatable bonds is 5. The standard InChI is InChI=1S/C25H22N2O4S/c1-3-31-25(30)17-10-13-22-20(14-17)27(24(29)19-6-4-5-7-21(19)32-22)15-23(28)26-18-11-8-16(2)9-12-18/h4-14H,3,15H2,1-2H3,(H,26,28). The van der Waals surface area contributed by atoms with Crippen LogP contribution in [-0.4, -0.2) is 30.9 Å². The van der Waals surface area contributed by atoms with Gasteiger partial charge < -0.3 is 10.1 Å². The fourth-order valence-electron chi connectivity index (χ4n) is 3.40. The van der Waals surface area contributed by atoms with E-state index in [4.69, 9.17) is 4.74 Å². The van der Waals surface area contributed by atoms with E-state index >= 15 is 0 Å². The molecule has 4 rings (SSSR count). The van der Waals surface area contributed by atoms with Gasteiger partial charge in [0.25, 0.3) is 5.91 Å². The molecule has 3 aromatic rings. The minimum atomic E-state index is -0.474. The molecule has 0 saturated heterocycles. The summed E-state index contributed by atoms with van der Waals surface area (Å²) in [6.07, 6.45) is 0. The number of hydrogen-bond donors (Lipinski definition) is 1. The van der Waals surface area contributed by atoms with Gasteiger partial charge in [0.1, 0.15) is 6.54 Å². The first-order chi connectivity index (χ1) is 15.5. The van der Waals surface area contributed by atoms with Crippen LogP contribution in [0.5, 0.6) is 0 Å². The van der Waals surface area contributed by atoms with Crippen LogP contribution in [0, 0.1) is 6.92 Å². The van der Waals surface area contributed by atoms with Gasteiger partial charge in [0.15, 0.2) is 0 Å². The summed E-state index contributed by atoms with van der Waals surface area (Å²) < 4.78 is 5.12. The molecule has 0 saturated carbocycles. The molecule has 6 nitrogen and oxygen atoms in total. The normalized spacial score (nSPS) is 12.4. The number of hydrogen-bond acceptors (Lipinski definition) is 5. The third-order valence-corrected chi connectivity index (χ3v) is 6.12. The van der Waals surface area contributed by atoms with Gasteiger partial charge in [0, 0.05) is 15.5 Å². The van der Waals surface area contributed by atoms with Gasteiger partial charge in [0.05, 0.1) is 23.4 Å². The van der Waals surface area contributed by atoms with Crippen molar-refractivity contribution in [1.29, 1.82) is 0 Å². The van der Waals surface area contributed by atoms with E-state index in [2.05, 4.69) is 5.32 Å². The van der Waals surface area contributed by atoms with Crippen molar-refractivity contribution < 1.29 is 19.1 Å². The maximum absolute atomic E-state index is 13.5. The van der Waals surface area contributed by atoms with Gasteiger partial charge in [-0.1, -0.05) is 41.6 Å². The van der Waals surface area contributed by atoms with Gasteiger partial charge in [-0.25, -0.2) is 4.79 Å². The van der Waals surface area contributed by atoms with Crippen LogP contribution in [0.15, 0.2) is 76.5 Å². The molecule has 2 amide bonds. The molecule has 0 bridgehead atoms. The predicted molar refractivity (Wildman–Crippen MR) is 124 cm³/mol. The number of benzene rings is 3. The Morgan fingerprint density at radius 1 is 1.00 bits per heavy atom. The molecule has 7 heteroatoms. The summed E-state index contributed by atoms with van der Waals surface area (Å²) in [5, 5.41) is 2.84. The van der Waals surface area contributed by atoms with Crippen molar-refractivity contribution in [3.63, 3.8) is 0 Å². The van der Waals surface area contributed by atoms with Gasteiger partial charge in [-0.15, -0.1) is 0 Å². The molecule has 162 valence electrons. The van der Waals surface area contributed by atoms with Crippen molar-refractivity contribution in [2.24, 2.45) is 0 Å². The van der Waals surface area contributed by atoms with Crippen LogP contribution in [0.25, 0.3) is 0 Å². The van der Waals surface area contributed by atoms with Gasteiger partial charge in [-0.05, 0) is 56.3 Å². The van der Waals surface area contributed by atoms with Crippen LogP contribution in [-0.2, 0) is 9.53 Å². The molecular weight excluding hydrogens is 424 g/mol. The lowest BCUT2D eigenvalue weighted by Gasteiger charge is -2.23. The SMILES string of the molecule is CCOC(=O)c1ccc2c(c1)N(CC(=O)Nc1ccc(C)cc1)C(=O)c1ccccc1S2. The van der Waals surface area contributed by atoms with Crippen LogP contribution in [0.4, 0.5) is 11.4 Å². The second-order valence-corrected chi connectivity index (χ2v) is 8.39. The van der Waals surface area contributed by atoms with E-state index in [1.807, 2.05) is 43.3 Å². The lowest BCUT2D eigenvalue weighted by Crippen LogP contribution is -2.38. The van der Waals surface area contributed by atoms with Crippen LogP contribution >= 0.6 is 11.8 Å². The van der Waals surface area contributed by atoms with Crippen LogP contribution in [0.1, 0.15) is 33.2 Å². The molecule has 1 aliphatic rings. The number of aryl methyl sites for hydroxylation is 1. The molecule has 1 heterocycles. The molecule has 0 aromatic heterocycles. The highest BCUT2D eigenvalue weighted by atomic mass is 32.2. The number of ether oxygens (including phenoxy) is 1. The molecule has 1 N–H and O–H groups in total. The van der Waals surface area contributed by atoms with E-state index in [1.54, 1.807) is 37.3 Å². The quantitative estimate of drug-likeness (QED) is 0.563. The number of carbonyl (C=O) groups is 3. The van der Waals surface area contributed by atoms with E-state index in [0.717, 1.165) is 15.4 Å². The van der Waals surface area contributed by atoms with Crippen molar-refractivity contribution >= 4 is 40.9 Å². The fourth-order valence-corrected chi connectivity index (χ4v) is 4.46. The van der Waals surface area contributed by atoms with Crippen LogP contribution in [0.2, 0.25) is 0 Å². The van der Waals surface area contributed by atoms with Gasteiger partial charge in [0.2, 0.25) is 5.91 Å². The highest BCUT2D eigenvalue weighted by Crippen LogP contribution is 2.41. The summed E-state index contributed by atoms with van der Waals surface area (Å²) in [4.78, 5) is 41.6. The Hall–Kier alpha value is -3.58. The second kappa shape index (κ2) is 9.28. The number of amides is 2. The number of esters is 1. The molecule has 3 aromatic carbocycles. The Morgan fingerprint density at radius 3 is 2.50 bits per heavy atom. The maximum atomic E-state index is 13.5. The Balaban J connectivity index is 1.70. The Bertz CT molecular complexity index is 1190. The zero-order valence-electron chi connectivity index (χ0n) is 17.8. The minimum absolute atomic E-state index is 0.194. The molecule has 0 spiro atoms. The van der Waals surface area contributed by atoms with Crippen molar-refractivity contribution in [3.8, 4) is 0 Å². The lowest BCUT2D eigenvalue weighted by molar-refractivity contribution is -0.114. The fraction of sp³-hybridized carbons (Fsp3) is 0.160. The Kier molecular flexibility index (Phi) is 6.28. The summed E-state index contributed by atoms with van der Waals surface area (Å²) >= 11 is 1.43. The highest BCUT2D eigenvalue weighted by Gasteiger charge is 2.29. The summed E-state index contributed by atoms with van der Waals surface area (Å²) in [6.45, 7) is 3.76. The van der Waals surface area contributed by atoms with E-state index in [9.17, 15) is 14.4 Å². The predicted octanol–water partition coefficient (Wildman–Crippen LogP) is 4.92. The number of fused-ring (bicyclic) bond motifs is 2. The number of nitrogens with one attached hydrogen (secondary N) is 1. The van der Waals surface area contributed by atoms with Gasteiger partial charge in [-0.3, -0.25) is 14.5 Å². The summed E-state index contributed by atoms with van der Waals surface area (Å²) in [6, 6.07) is 19.8. The minimum Gasteiger partial charge on any atom is -0.462 e. The summed E-state index contributed by atoms with van der Waals surface area (Å²) in [5.41, 5.74) is 3.07. The molecule has 1 aliphatic heterocycles.